The summed E-state index contributed by atoms with van der Waals surface area (Å²) < 4.78 is 11.6. The highest BCUT2D eigenvalue weighted by Gasteiger charge is 2.50. The Balaban J connectivity index is 1.88. The van der Waals surface area contributed by atoms with Crippen LogP contribution < -0.4 is 5.32 Å². The normalized spacial score (nSPS) is 31.1. The Morgan fingerprint density at radius 3 is 2.57 bits per heavy atom. The molecule has 0 aromatic heterocycles. The maximum absolute atomic E-state index is 11.6. The zero-order chi connectivity index (χ0) is 16.6. The number of ether oxygens (including phenoxy) is 2. The van der Waals surface area contributed by atoms with Crippen LogP contribution in [0.5, 0.6) is 0 Å². The lowest BCUT2D eigenvalue weighted by Crippen LogP contribution is -2.43. The maximum atomic E-state index is 11.6. The molecule has 3 N–H and O–H groups in total. The van der Waals surface area contributed by atoms with Gasteiger partial charge in [0.15, 0.2) is 5.76 Å². The second kappa shape index (κ2) is 6.17. The van der Waals surface area contributed by atoms with Crippen LogP contribution in [-0.4, -0.2) is 41.7 Å². The molecule has 6 nitrogen and oxygen atoms in total. The van der Waals surface area contributed by atoms with Crippen LogP contribution in [-0.2, 0) is 14.3 Å². The van der Waals surface area contributed by atoms with E-state index in [2.05, 4.69) is 5.32 Å². The number of hydrogen-bond acceptors (Lipinski definition) is 5. The van der Waals surface area contributed by atoms with E-state index in [4.69, 9.17) is 9.47 Å². The molecule has 1 heterocycles. The topological polar surface area (TPSA) is 88.0 Å². The van der Waals surface area contributed by atoms with Gasteiger partial charge in [-0.1, -0.05) is 12.5 Å². The number of nitrogens with one attached hydrogen (secondary N) is 1. The molecule has 2 fully saturated rings. The Bertz CT molecular complexity index is 545. The van der Waals surface area contributed by atoms with Crippen molar-refractivity contribution in [3.63, 3.8) is 0 Å². The van der Waals surface area contributed by atoms with Gasteiger partial charge in [0.05, 0.1) is 19.1 Å². The Morgan fingerprint density at radius 2 is 2.00 bits per heavy atom. The summed E-state index contributed by atoms with van der Waals surface area (Å²) in [5.74, 6) is -2.21. The number of rotatable bonds is 4. The summed E-state index contributed by atoms with van der Waals surface area (Å²) in [5, 5.41) is 22.7. The van der Waals surface area contributed by atoms with E-state index in [-0.39, 0.29) is 18.6 Å². The molecule has 6 heteroatoms. The highest BCUT2D eigenvalue weighted by molar-refractivity contribution is 5.86. The van der Waals surface area contributed by atoms with Crippen molar-refractivity contribution in [2.24, 2.45) is 11.8 Å². The summed E-state index contributed by atoms with van der Waals surface area (Å²) in [5.41, 5.74) is 0.814. The van der Waals surface area contributed by atoms with Crippen LogP contribution in [0, 0.1) is 11.8 Å². The first-order chi connectivity index (χ1) is 10.9. The summed E-state index contributed by atoms with van der Waals surface area (Å²) in [6.45, 7) is 2.24. The molecule has 3 rings (SSSR count). The van der Waals surface area contributed by atoms with Gasteiger partial charge in [0.1, 0.15) is 5.76 Å². The van der Waals surface area contributed by atoms with Gasteiger partial charge in [-0.3, -0.25) is 4.79 Å². The molecule has 0 spiro atoms. The molecule has 0 bridgehead atoms. The number of methoxy groups -OCH3 is 1. The third-order valence-corrected chi connectivity index (χ3v) is 5.10. The van der Waals surface area contributed by atoms with Gasteiger partial charge in [-0.05, 0) is 38.2 Å². The van der Waals surface area contributed by atoms with Gasteiger partial charge in [0.25, 0.3) is 11.7 Å². The van der Waals surface area contributed by atoms with E-state index < -0.39 is 17.6 Å². The molecule has 0 aromatic carbocycles. The summed E-state index contributed by atoms with van der Waals surface area (Å²) in [7, 11) is 1.63. The van der Waals surface area contributed by atoms with Crippen LogP contribution >= 0.6 is 0 Å². The van der Waals surface area contributed by atoms with E-state index in [1.54, 1.807) is 7.11 Å². The van der Waals surface area contributed by atoms with E-state index in [1.165, 1.54) is 12.8 Å². The lowest BCUT2D eigenvalue weighted by Gasteiger charge is -2.31. The lowest BCUT2D eigenvalue weighted by atomic mass is 9.82. The number of allylic oxidation sites excluding steroid dienone is 2. The highest BCUT2D eigenvalue weighted by Crippen LogP contribution is 2.39. The molecular formula is C17H25NO5. The zero-order valence-corrected chi connectivity index (χ0v) is 13.7. The average molecular weight is 323 g/mol. The fourth-order valence-corrected chi connectivity index (χ4v) is 3.83. The molecule has 1 saturated carbocycles. The predicted molar refractivity (Wildman–Crippen MR) is 82.9 cm³/mol. The Hall–Kier alpha value is -1.53. The first kappa shape index (κ1) is 16.3. The maximum Gasteiger partial charge on any atom is 0.280 e. The summed E-state index contributed by atoms with van der Waals surface area (Å²) in [4.78, 5) is 11.6. The Labute approximate surface area is 136 Å². The van der Waals surface area contributed by atoms with Gasteiger partial charge < -0.3 is 25.0 Å². The number of hydrogen-bond donors (Lipinski definition) is 3. The highest BCUT2D eigenvalue weighted by atomic mass is 16.5. The number of carbonyl (C=O) groups excluding carboxylic acids is 1. The van der Waals surface area contributed by atoms with Gasteiger partial charge in [0, 0.05) is 12.5 Å². The van der Waals surface area contributed by atoms with Gasteiger partial charge in [-0.25, -0.2) is 0 Å². The van der Waals surface area contributed by atoms with Crippen molar-refractivity contribution < 1.29 is 24.5 Å². The predicted octanol–water partition coefficient (Wildman–Crippen LogP) is 1.20. The quantitative estimate of drug-likeness (QED) is 0.677. The van der Waals surface area contributed by atoms with Crippen LogP contribution in [0.15, 0.2) is 23.2 Å². The minimum absolute atomic E-state index is 0.0721. The minimum Gasteiger partial charge on any atom is -0.497 e. The third-order valence-electron chi connectivity index (χ3n) is 5.10. The van der Waals surface area contributed by atoms with Crippen molar-refractivity contribution in [2.75, 3.05) is 13.7 Å². The van der Waals surface area contributed by atoms with Crippen molar-refractivity contribution in [1.82, 2.24) is 5.32 Å². The minimum atomic E-state index is -2.35. The number of aliphatic hydroxyl groups is 2. The summed E-state index contributed by atoms with van der Waals surface area (Å²) in [6.07, 6.45) is 7.05. The van der Waals surface area contributed by atoms with E-state index in [0.29, 0.717) is 12.2 Å². The van der Waals surface area contributed by atoms with Crippen LogP contribution in [0.25, 0.3) is 0 Å². The first-order valence-electron chi connectivity index (χ1n) is 8.31. The van der Waals surface area contributed by atoms with E-state index in [0.717, 1.165) is 24.2 Å². The molecular weight excluding hydrogens is 298 g/mol. The van der Waals surface area contributed by atoms with Crippen molar-refractivity contribution in [2.45, 2.75) is 50.9 Å². The monoisotopic (exact) mass is 323 g/mol. The number of amides is 1. The van der Waals surface area contributed by atoms with Crippen LogP contribution in [0.1, 0.15) is 39.0 Å². The smallest absolute Gasteiger partial charge is 0.280 e. The van der Waals surface area contributed by atoms with Crippen LogP contribution in [0.3, 0.4) is 0 Å². The van der Waals surface area contributed by atoms with E-state index in [1.807, 2.05) is 13.0 Å². The molecule has 0 radical (unpaired) electrons. The lowest BCUT2D eigenvalue weighted by molar-refractivity contribution is -0.187. The molecule has 128 valence electrons. The molecule has 1 amide bonds. The van der Waals surface area contributed by atoms with Crippen molar-refractivity contribution >= 4 is 5.91 Å². The molecule has 1 aliphatic heterocycles. The van der Waals surface area contributed by atoms with Gasteiger partial charge in [-0.15, -0.1) is 0 Å². The fraction of sp³-hybridized carbons (Fsp3) is 0.706. The van der Waals surface area contributed by atoms with Gasteiger partial charge >= 0.3 is 0 Å². The molecule has 2 aliphatic carbocycles. The molecule has 3 aliphatic rings. The second-order valence-electron chi connectivity index (χ2n) is 6.77. The number of carbonyl (C=O) groups is 1. The molecule has 23 heavy (non-hydrogen) atoms. The van der Waals surface area contributed by atoms with E-state index in [9.17, 15) is 15.0 Å². The molecule has 0 aromatic rings. The van der Waals surface area contributed by atoms with Crippen molar-refractivity contribution in [3.8, 4) is 0 Å². The summed E-state index contributed by atoms with van der Waals surface area (Å²) in [6, 6.07) is 0. The standard InChI is InChI=1S/C17H25NO5/c1-10-7-11(13-9-18-16(19)17(13,20)21)8-14(15(10)22-2)23-12-5-3-4-6-12/h8,10,12-13,20-21H,3-7,9H2,1-2H3,(H,18,19). The SMILES string of the molecule is COC1=C(OC2CCCC2)C=C(C2CNC(=O)C2(O)O)CC1C. The molecule has 2 atom stereocenters. The van der Waals surface area contributed by atoms with E-state index >= 15 is 0 Å². The van der Waals surface area contributed by atoms with Crippen molar-refractivity contribution in [1.29, 1.82) is 0 Å². The van der Waals surface area contributed by atoms with Crippen LogP contribution in [0.4, 0.5) is 0 Å². The average Bonchev–Trinajstić information content (AvgIpc) is 3.08. The van der Waals surface area contributed by atoms with Gasteiger partial charge in [-0.2, -0.15) is 0 Å². The third kappa shape index (κ3) is 2.97. The molecule has 2 unspecified atom stereocenters. The Morgan fingerprint density at radius 1 is 1.30 bits per heavy atom. The summed E-state index contributed by atoms with van der Waals surface area (Å²) >= 11 is 0. The van der Waals surface area contributed by atoms with Gasteiger partial charge in [0.2, 0.25) is 0 Å². The second-order valence-corrected chi connectivity index (χ2v) is 6.77. The fourth-order valence-electron chi connectivity index (χ4n) is 3.83. The zero-order valence-electron chi connectivity index (χ0n) is 13.7. The first-order valence-corrected chi connectivity index (χ1v) is 8.31. The van der Waals surface area contributed by atoms with Crippen molar-refractivity contribution in [3.05, 3.63) is 23.2 Å². The van der Waals surface area contributed by atoms with Crippen LogP contribution in [0.2, 0.25) is 0 Å². The largest absolute Gasteiger partial charge is 0.497 e. The Kier molecular flexibility index (Phi) is 4.38. The molecule has 1 saturated heterocycles.